The Bertz CT molecular complexity index is 1150. The maximum Gasteiger partial charge on any atom is 0.245 e. The van der Waals surface area contributed by atoms with Crippen molar-refractivity contribution in [1.29, 1.82) is 0 Å². The average molecular weight is 454 g/mol. The normalized spacial score (nSPS) is 19.5. The van der Waals surface area contributed by atoms with E-state index in [1.807, 2.05) is 34.3 Å². The van der Waals surface area contributed by atoms with Gasteiger partial charge in [-0.3, -0.25) is 9.48 Å². The Balaban J connectivity index is 1.31. The summed E-state index contributed by atoms with van der Waals surface area (Å²) >= 11 is 0. The minimum absolute atomic E-state index is 0.100. The molecule has 2 saturated heterocycles. The van der Waals surface area contributed by atoms with E-state index in [0.29, 0.717) is 42.5 Å². The molecule has 0 N–H and O–H groups in total. The van der Waals surface area contributed by atoms with E-state index in [0.717, 1.165) is 56.1 Å². The highest BCUT2D eigenvalue weighted by molar-refractivity contribution is 5.81. The molecule has 33 heavy (non-hydrogen) atoms. The lowest BCUT2D eigenvalue weighted by Crippen LogP contribution is -2.33. The monoisotopic (exact) mass is 453 g/mol. The van der Waals surface area contributed by atoms with Crippen molar-refractivity contribution in [3.05, 3.63) is 18.2 Å². The number of imidazole rings is 1. The molecule has 3 aromatic rings. The first-order valence-electron chi connectivity index (χ1n) is 11.8. The topological polar surface area (TPSA) is 100 Å². The molecule has 0 aliphatic carbocycles. The Hall–Kier alpha value is -3.01. The predicted octanol–water partition coefficient (Wildman–Crippen LogP) is 2.35. The fourth-order valence-corrected chi connectivity index (χ4v) is 4.83. The number of aryl methyl sites for hydroxylation is 2. The number of likely N-dealkylation sites (tertiary alicyclic amines) is 1. The van der Waals surface area contributed by atoms with Gasteiger partial charge in [0.25, 0.3) is 0 Å². The Morgan fingerprint density at radius 3 is 2.82 bits per heavy atom. The van der Waals surface area contributed by atoms with Gasteiger partial charge in [-0.25, -0.2) is 9.97 Å². The zero-order chi connectivity index (χ0) is 22.9. The number of carbonyl (C=O) groups is 1. The van der Waals surface area contributed by atoms with E-state index in [1.165, 1.54) is 6.33 Å². The van der Waals surface area contributed by atoms with Gasteiger partial charge in [-0.15, -0.1) is 0 Å². The lowest BCUT2D eigenvalue weighted by molar-refractivity contribution is -0.132. The number of hydrogen-bond acceptors (Lipinski definition) is 7. The van der Waals surface area contributed by atoms with Crippen molar-refractivity contribution in [1.82, 2.24) is 34.2 Å². The quantitative estimate of drug-likeness (QED) is 0.565. The fourth-order valence-electron chi connectivity index (χ4n) is 4.83. The maximum absolute atomic E-state index is 12.8. The molecule has 0 saturated carbocycles. The van der Waals surface area contributed by atoms with Crippen LogP contribution in [0.25, 0.3) is 22.6 Å². The van der Waals surface area contributed by atoms with Crippen LogP contribution >= 0.6 is 0 Å². The van der Waals surface area contributed by atoms with Crippen molar-refractivity contribution in [2.75, 3.05) is 26.3 Å². The predicted molar refractivity (Wildman–Crippen MR) is 122 cm³/mol. The minimum Gasteiger partial charge on any atom is -0.471 e. The van der Waals surface area contributed by atoms with Crippen LogP contribution in [0.3, 0.4) is 0 Å². The van der Waals surface area contributed by atoms with E-state index < -0.39 is 0 Å². The van der Waals surface area contributed by atoms with Gasteiger partial charge in [0.1, 0.15) is 18.3 Å². The lowest BCUT2D eigenvalue weighted by atomic mass is 9.96. The fraction of sp³-hybridized carbons (Fsp3) is 0.609. The zero-order valence-corrected chi connectivity index (χ0v) is 19.5. The summed E-state index contributed by atoms with van der Waals surface area (Å²) in [5, 5.41) is 4.45. The van der Waals surface area contributed by atoms with Crippen LogP contribution in [0.15, 0.2) is 12.5 Å². The second-order valence-electron chi connectivity index (χ2n) is 8.93. The van der Waals surface area contributed by atoms with Crippen molar-refractivity contribution in [2.45, 2.75) is 52.2 Å². The smallest absolute Gasteiger partial charge is 0.245 e. The summed E-state index contributed by atoms with van der Waals surface area (Å²) in [5.74, 6) is 1.89. The van der Waals surface area contributed by atoms with E-state index in [4.69, 9.17) is 14.5 Å². The first-order chi connectivity index (χ1) is 16.0. The molecule has 2 aliphatic heterocycles. The third-order valence-corrected chi connectivity index (χ3v) is 6.85. The summed E-state index contributed by atoms with van der Waals surface area (Å²) in [6, 6.07) is 0. The molecule has 10 nitrogen and oxygen atoms in total. The average Bonchev–Trinajstić information content (AvgIpc) is 3.53. The van der Waals surface area contributed by atoms with Crippen molar-refractivity contribution in [3.8, 4) is 17.3 Å². The van der Waals surface area contributed by atoms with Gasteiger partial charge < -0.3 is 18.9 Å². The summed E-state index contributed by atoms with van der Waals surface area (Å²) in [7, 11) is 1.94. The molecule has 5 heterocycles. The Morgan fingerprint density at radius 1 is 1.24 bits per heavy atom. The van der Waals surface area contributed by atoms with Gasteiger partial charge in [0.15, 0.2) is 11.2 Å². The second-order valence-corrected chi connectivity index (χ2v) is 8.93. The van der Waals surface area contributed by atoms with Crippen molar-refractivity contribution < 1.29 is 14.3 Å². The highest BCUT2D eigenvalue weighted by Gasteiger charge is 2.30. The Morgan fingerprint density at radius 2 is 2.06 bits per heavy atom. The molecular weight excluding hydrogens is 422 g/mol. The van der Waals surface area contributed by atoms with Crippen LogP contribution in [-0.4, -0.2) is 72.5 Å². The number of fused-ring (bicyclic) bond motifs is 1. The molecule has 3 aromatic heterocycles. The van der Waals surface area contributed by atoms with Crippen molar-refractivity contribution >= 4 is 17.1 Å². The van der Waals surface area contributed by atoms with Crippen molar-refractivity contribution in [2.24, 2.45) is 13.0 Å². The van der Waals surface area contributed by atoms with E-state index in [1.54, 1.807) is 0 Å². The molecule has 5 rings (SSSR count). The summed E-state index contributed by atoms with van der Waals surface area (Å²) in [6.45, 7) is 7.72. The molecule has 0 bridgehead atoms. The molecule has 0 aromatic carbocycles. The van der Waals surface area contributed by atoms with E-state index in [-0.39, 0.29) is 12.0 Å². The van der Waals surface area contributed by atoms with Crippen LogP contribution in [-0.2, 0) is 23.1 Å². The number of amides is 1. The number of hydrogen-bond donors (Lipinski definition) is 0. The molecule has 176 valence electrons. The maximum atomic E-state index is 12.8. The van der Waals surface area contributed by atoms with Crippen LogP contribution < -0.4 is 4.74 Å². The van der Waals surface area contributed by atoms with Gasteiger partial charge in [-0.2, -0.15) is 10.1 Å². The summed E-state index contributed by atoms with van der Waals surface area (Å²) < 4.78 is 15.6. The van der Waals surface area contributed by atoms with Gasteiger partial charge in [-0.1, -0.05) is 0 Å². The van der Waals surface area contributed by atoms with Gasteiger partial charge in [0.05, 0.1) is 18.3 Å². The molecule has 0 radical (unpaired) electrons. The summed E-state index contributed by atoms with van der Waals surface area (Å²) in [4.78, 5) is 28.3. The molecule has 2 fully saturated rings. The van der Waals surface area contributed by atoms with Gasteiger partial charge in [0, 0.05) is 51.9 Å². The molecule has 1 atom stereocenters. The molecule has 1 amide bonds. The number of carbonyl (C=O) groups excluding carboxylic acids is 1. The zero-order valence-electron chi connectivity index (χ0n) is 19.5. The lowest BCUT2D eigenvalue weighted by Gasteiger charge is -2.24. The highest BCUT2D eigenvalue weighted by atomic mass is 16.5. The van der Waals surface area contributed by atoms with Gasteiger partial charge in [0.2, 0.25) is 11.8 Å². The largest absolute Gasteiger partial charge is 0.471 e. The minimum atomic E-state index is -0.100. The Labute approximate surface area is 192 Å². The molecule has 0 spiro atoms. The molecule has 2 aliphatic rings. The van der Waals surface area contributed by atoms with Crippen LogP contribution in [0.5, 0.6) is 5.88 Å². The second kappa shape index (κ2) is 9.09. The van der Waals surface area contributed by atoms with Gasteiger partial charge >= 0.3 is 0 Å². The summed E-state index contributed by atoms with van der Waals surface area (Å²) in [6.07, 6.45) is 6.57. The number of aromatic nitrogens is 6. The highest BCUT2D eigenvalue weighted by Crippen LogP contribution is 2.30. The molecule has 10 heteroatoms. The first-order valence-corrected chi connectivity index (χ1v) is 11.8. The molecular formula is C23H31N7O3. The van der Waals surface area contributed by atoms with Crippen LogP contribution in [0, 0.1) is 12.8 Å². The third-order valence-electron chi connectivity index (χ3n) is 6.85. The van der Waals surface area contributed by atoms with E-state index in [2.05, 4.69) is 22.0 Å². The number of ether oxygens (including phenoxy) is 2. The van der Waals surface area contributed by atoms with Crippen LogP contribution in [0.4, 0.5) is 0 Å². The van der Waals surface area contributed by atoms with Crippen LogP contribution in [0.1, 0.15) is 38.3 Å². The van der Waals surface area contributed by atoms with Crippen LogP contribution in [0.2, 0.25) is 0 Å². The standard InChI is InChI=1S/C23H31N7O3/c1-4-30-15(2)18(12-26-30)21-27-20-22(28(21)3)24-14-25-23(20)33-17-5-8-29(13-17)19(31)11-16-6-9-32-10-7-16/h12,14,16-17H,4-11,13H2,1-3H3. The van der Waals surface area contributed by atoms with Gasteiger partial charge in [-0.05, 0) is 32.6 Å². The van der Waals surface area contributed by atoms with E-state index >= 15 is 0 Å². The van der Waals surface area contributed by atoms with E-state index in [9.17, 15) is 4.79 Å². The SMILES string of the molecule is CCn1ncc(-c2nc3c(OC4CCN(C(=O)CC5CCOCC5)C4)ncnc3n2C)c1C. The third kappa shape index (κ3) is 4.19. The number of rotatable bonds is 6. The molecule has 1 unspecified atom stereocenters. The Kier molecular flexibility index (Phi) is 6.01. The first kappa shape index (κ1) is 21.8. The summed E-state index contributed by atoms with van der Waals surface area (Å²) in [5.41, 5.74) is 3.37. The number of nitrogens with zero attached hydrogens (tertiary/aromatic N) is 7. The van der Waals surface area contributed by atoms with Crippen molar-refractivity contribution in [3.63, 3.8) is 0 Å².